The first kappa shape index (κ1) is 11.9. The number of hydrogen-bond donors (Lipinski definition) is 3. The van der Waals surface area contributed by atoms with Crippen molar-refractivity contribution in [2.75, 3.05) is 6.54 Å². The van der Waals surface area contributed by atoms with Gasteiger partial charge in [-0.3, -0.25) is 9.59 Å². The second kappa shape index (κ2) is 5.14. The average molecular weight is 236 g/mol. The highest BCUT2D eigenvalue weighted by atomic mass is 16.3. The predicted molar refractivity (Wildman–Crippen MR) is 62.7 cm³/mol. The van der Waals surface area contributed by atoms with Gasteiger partial charge in [-0.15, -0.1) is 0 Å². The standard InChI is InChI=1S/C12H16N2O3/c15-10-3-1-2-8(10)6-14-12(17)9-7-13-5-4-11(9)16/h4-5,7-8,10,15H,1-3,6H2,(H,13,16)(H,14,17). The van der Waals surface area contributed by atoms with Gasteiger partial charge in [0.1, 0.15) is 5.56 Å². The molecule has 1 amide bonds. The Morgan fingerprint density at radius 3 is 3.00 bits per heavy atom. The minimum absolute atomic E-state index is 0.111. The highest BCUT2D eigenvalue weighted by Crippen LogP contribution is 2.24. The Bertz CT molecular complexity index is 455. The summed E-state index contributed by atoms with van der Waals surface area (Å²) in [6.45, 7) is 0.425. The molecule has 5 heteroatoms. The van der Waals surface area contributed by atoms with E-state index in [1.807, 2.05) is 0 Å². The van der Waals surface area contributed by atoms with Crippen LogP contribution >= 0.6 is 0 Å². The van der Waals surface area contributed by atoms with Crippen molar-refractivity contribution in [2.24, 2.45) is 5.92 Å². The first-order chi connectivity index (χ1) is 8.18. The fourth-order valence-corrected chi connectivity index (χ4v) is 2.17. The number of rotatable bonds is 3. The second-order valence-corrected chi connectivity index (χ2v) is 4.39. The molecule has 1 fully saturated rings. The van der Waals surface area contributed by atoms with Crippen LogP contribution in [0.4, 0.5) is 0 Å². The van der Waals surface area contributed by atoms with Crippen molar-refractivity contribution in [1.82, 2.24) is 10.3 Å². The highest BCUT2D eigenvalue weighted by Gasteiger charge is 2.25. The Balaban J connectivity index is 1.94. The minimum atomic E-state index is -0.383. The number of aromatic nitrogens is 1. The van der Waals surface area contributed by atoms with Gasteiger partial charge in [-0.25, -0.2) is 0 Å². The zero-order chi connectivity index (χ0) is 12.3. The summed E-state index contributed by atoms with van der Waals surface area (Å²) in [5.41, 5.74) is -0.187. The summed E-state index contributed by atoms with van der Waals surface area (Å²) in [7, 11) is 0. The molecular formula is C12H16N2O3. The summed E-state index contributed by atoms with van der Waals surface area (Å²) in [6.07, 6.45) is 5.26. The van der Waals surface area contributed by atoms with Crippen molar-refractivity contribution in [2.45, 2.75) is 25.4 Å². The number of carbonyl (C=O) groups excluding carboxylic acids is 1. The number of carbonyl (C=O) groups is 1. The third kappa shape index (κ3) is 2.74. The lowest BCUT2D eigenvalue weighted by molar-refractivity contribution is 0.0915. The first-order valence-electron chi connectivity index (χ1n) is 5.82. The van der Waals surface area contributed by atoms with Crippen molar-refractivity contribution in [3.05, 3.63) is 34.2 Å². The van der Waals surface area contributed by atoms with Crippen LogP contribution in [0.2, 0.25) is 0 Å². The Labute approximate surface area is 98.9 Å². The van der Waals surface area contributed by atoms with Crippen LogP contribution < -0.4 is 10.7 Å². The molecule has 3 N–H and O–H groups in total. The third-order valence-corrected chi connectivity index (χ3v) is 3.21. The molecule has 1 aliphatic carbocycles. The Kier molecular flexibility index (Phi) is 3.58. The molecule has 0 aromatic carbocycles. The van der Waals surface area contributed by atoms with Gasteiger partial charge in [-0.2, -0.15) is 0 Å². The van der Waals surface area contributed by atoms with Crippen molar-refractivity contribution < 1.29 is 9.90 Å². The maximum absolute atomic E-state index is 11.7. The van der Waals surface area contributed by atoms with E-state index in [0.717, 1.165) is 19.3 Å². The Morgan fingerprint density at radius 1 is 1.53 bits per heavy atom. The molecule has 2 rings (SSSR count). The van der Waals surface area contributed by atoms with Gasteiger partial charge in [-0.05, 0) is 12.8 Å². The van der Waals surface area contributed by atoms with Gasteiger partial charge < -0.3 is 15.4 Å². The molecule has 2 unspecified atom stereocenters. The Hall–Kier alpha value is -1.62. The lowest BCUT2D eigenvalue weighted by atomic mass is 10.1. The summed E-state index contributed by atoms with van der Waals surface area (Å²) in [5.74, 6) is -0.271. The normalized spacial score (nSPS) is 23.6. The van der Waals surface area contributed by atoms with Crippen molar-refractivity contribution >= 4 is 5.91 Å². The number of nitrogens with one attached hydrogen (secondary N) is 2. The molecule has 1 aliphatic rings. The SMILES string of the molecule is O=C(NCC1CCCC1O)c1c[nH]ccc1=O. The number of H-pyrrole nitrogens is 1. The van der Waals surface area contributed by atoms with E-state index < -0.39 is 0 Å². The first-order valence-corrected chi connectivity index (χ1v) is 5.82. The molecule has 17 heavy (non-hydrogen) atoms. The quantitative estimate of drug-likeness (QED) is 0.704. The zero-order valence-electron chi connectivity index (χ0n) is 9.48. The predicted octanol–water partition coefficient (Wildman–Crippen LogP) is 0.266. The number of amides is 1. The fourth-order valence-electron chi connectivity index (χ4n) is 2.17. The largest absolute Gasteiger partial charge is 0.393 e. The monoisotopic (exact) mass is 236 g/mol. The molecule has 0 aliphatic heterocycles. The van der Waals surface area contributed by atoms with Gasteiger partial charge in [-0.1, -0.05) is 6.42 Å². The second-order valence-electron chi connectivity index (χ2n) is 4.39. The van der Waals surface area contributed by atoms with Crippen LogP contribution in [0.15, 0.2) is 23.3 Å². The van der Waals surface area contributed by atoms with Gasteiger partial charge in [0.15, 0.2) is 5.43 Å². The molecule has 0 spiro atoms. The van der Waals surface area contributed by atoms with Crippen molar-refractivity contribution in [3.63, 3.8) is 0 Å². The number of hydrogen-bond acceptors (Lipinski definition) is 3. The van der Waals surface area contributed by atoms with Gasteiger partial charge in [0.2, 0.25) is 0 Å². The van der Waals surface area contributed by atoms with E-state index in [4.69, 9.17) is 0 Å². The van der Waals surface area contributed by atoms with Crippen LogP contribution in [0, 0.1) is 5.92 Å². The summed E-state index contributed by atoms with van der Waals surface area (Å²) in [5, 5.41) is 12.3. The summed E-state index contributed by atoms with van der Waals surface area (Å²) >= 11 is 0. The molecular weight excluding hydrogens is 220 g/mol. The van der Waals surface area contributed by atoms with E-state index in [1.54, 1.807) is 0 Å². The third-order valence-electron chi connectivity index (χ3n) is 3.21. The number of aliphatic hydroxyl groups is 1. The maximum atomic E-state index is 11.7. The number of aromatic amines is 1. The van der Waals surface area contributed by atoms with Gasteiger partial charge in [0.05, 0.1) is 6.10 Å². The smallest absolute Gasteiger partial charge is 0.256 e. The summed E-state index contributed by atoms with van der Waals surface area (Å²) < 4.78 is 0. The van der Waals surface area contributed by atoms with E-state index in [-0.39, 0.29) is 28.9 Å². The molecule has 0 radical (unpaired) electrons. The number of aliphatic hydroxyl groups excluding tert-OH is 1. The average Bonchev–Trinajstić information content (AvgIpc) is 2.72. The fraction of sp³-hybridized carbons (Fsp3) is 0.500. The van der Waals surface area contributed by atoms with Gasteiger partial charge >= 0.3 is 0 Å². The molecule has 1 aromatic rings. The Morgan fingerprint density at radius 2 is 2.35 bits per heavy atom. The number of pyridine rings is 1. The lowest BCUT2D eigenvalue weighted by Gasteiger charge is -2.14. The highest BCUT2D eigenvalue weighted by molar-refractivity contribution is 5.93. The minimum Gasteiger partial charge on any atom is -0.393 e. The van der Waals surface area contributed by atoms with Crippen LogP contribution in [-0.4, -0.2) is 28.6 Å². The van der Waals surface area contributed by atoms with Crippen LogP contribution in [0.25, 0.3) is 0 Å². The van der Waals surface area contributed by atoms with E-state index >= 15 is 0 Å². The van der Waals surface area contributed by atoms with Gasteiger partial charge in [0.25, 0.3) is 5.91 Å². The van der Waals surface area contributed by atoms with E-state index in [0.29, 0.717) is 6.54 Å². The molecule has 2 atom stereocenters. The topological polar surface area (TPSA) is 82.2 Å². The molecule has 0 saturated heterocycles. The van der Waals surface area contributed by atoms with Gasteiger partial charge in [0, 0.05) is 30.9 Å². The summed E-state index contributed by atoms with van der Waals surface area (Å²) in [4.78, 5) is 25.8. The molecule has 1 saturated carbocycles. The zero-order valence-corrected chi connectivity index (χ0v) is 9.48. The van der Waals surface area contributed by atoms with E-state index in [1.165, 1.54) is 18.5 Å². The van der Waals surface area contributed by atoms with E-state index in [2.05, 4.69) is 10.3 Å². The van der Waals surface area contributed by atoms with Crippen molar-refractivity contribution in [3.8, 4) is 0 Å². The lowest BCUT2D eigenvalue weighted by Crippen LogP contribution is -2.34. The van der Waals surface area contributed by atoms with E-state index in [9.17, 15) is 14.7 Å². The molecule has 92 valence electrons. The molecule has 1 aromatic heterocycles. The summed E-state index contributed by atoms with van der Waals surface area (Å²) in [6, 6.07) is 1.32. The van der Waals surface area contributed by atoms with Crippen LogP contribution in [0.5, 0.6) is 0 Å². The molecule has 0 bridgehead atoms. The molecule has 1 heterocycles. The van der Waals surface area contributed by atoms with Crippen LogP contribution in [-0.2, 0) is 0 Å². The maximum Gasteiger partial charge on any atom is 0.256 e. The van der Waals surface area contributed by atoms with Crippen LogP contribution in [0.1, 0.15) is 29.6 Å². The molecule has 5 nitrogen and oxygen atoms in total. The van der Waals surface area contributed by atoms with Crippen molar-refractivity contribution in [1.29, 1.82) is 0 Å². The van der Waals surface area contributed by atoms with Crippen LogP contribution in [0.3, 0.4) is 0 Å².